The molecule has 1 N–H and O–H groups in total. The standard InChI is InChI=1S/C12H12F3NO3/c1-2-7-18-10-6-4-3-5-9(10)11(17)16-19-8-12(13,14)15/h2-6H,1,7-8H2,(H,16,17). The number of amides is 1. The maximum absolute atomic E-state index is 11.8. The van der Waals surface area contributed by atoms with Crippen molar-refractivity contribution in [3.63, 3.8) is 0 Å². The Labute approximate surface area is 107 Å². The van der Waals surface area contributed by atoms with E-state index in [-0.39, 0.29) is 17.9 Å². The minimum Gasteiger partial charge on any atom is -0.489 e. The number of hydrogen-bond acceptors (Lipinski definition) is 3. The van der Waals surface area contributed by atoms with Crippen LogP contribution in [-0.4, -0.2) is 25.3 Å². The molecule has 0 aliphatic carbocycles. The molecule has 1 aromatic carbocycles. The summed E-state index contributed by atoms with van der Waals surface area (Å²) in [6.45, 7) is 2.06. The fourth-order valence-corrected chi connectivity index (χ4v) is 1.17. The van der Waals surface area contributed by atoms with Gasteiger partial charge >= 0.3 is 6.18 Å². The Morgan fingerprint density at radius 1 is 1.37 bits per heavy atom. The number of para-hydroxylation sites is 1. The summed E-state index contributed by atoms with van der Waals surface area (Å²) in [5.74, 6) is -0.584. The number of alkyl halides is 3. The molecule has 0 radical (unpaired) electrons. The predicted octanol–water partition coefficient (Wildman–Crippen LogP) is 2.48. The lowest BCUT2D eigenvalue weighted by Gasteiger charge is -2.11. The molecule has 0 spiro atoms. The highest BCUT2D eigenvalue weighted by molar-refractivity contribution is 5.96. The van der Waals surface area contributed by atoms with Crippen LogP contribution in [0.15, 0.2) is 36.9 Å². The smallest absolute Gasteiger partial charge is 0.414 e. The molecule has 0 fully saturated rings. The molecule has 19 heavy (non-hydrogen) atoms. The first-order chi connectivity index (χ1) is 8.94. The summed E-state index contributed by atoms with van der Waals surface area (Å²) in [5, 5.41) is 0. The first-order valence-electron chi connectivity index (χ1n) is 5.25. The highest BCUT2D eigenvalue weighted by Gasteiger charge is 2.28. The molecule has 0 saturated carbocycles. The van der Waals surface area contributed by atoms with Gasteiger partial charge in [0.25, 0.3) is 5.91 Å². The van der Waals surface area contributed by atoms with E-state index < -0.39 is 18.7 Å². The zero-order chi connectivity index (χ0) is 14.3. The third kappa shape index (κ3) is 5.43. The van der Waals surface area contributed by atoms with Crippen molar-refractivity contribution in [2.75, 3.05) is 13.2 Å². The zero-order valence-corrected chi connectivity index (χ0v) is 9.87. The molecule has 0 unspecified atom stereocenters. The molecular formula is C12H12F3NO3. The normalized spacial score (nSPS) is 10.9. The van der Waals surface area contributed by atoms with E-state index in [9.17, 15) is 18.0 Å². The van der Waals surface area contributed by atoms with Gasteiger partial charge in [-0.05, 0) is 12.1 Å². The minimum absolute atomic E-state index is 0.0755. The van der Waals surface area contributed by atoms with Gasteiger partial charge in [0.05, 0.1) is 5.56 Å². The number of nitrogens with one attached hydrogen (secondary N) is 1. The van der Waals surface area contributed by atoms with Crippen LogP contribution in [0.4, 0.5) is 13.2 Å². The Bertz CT molecular complexity index is 446. The van der Waals surface area contributed by atoms with Gasteiger partial charge in [0.15, 0.2) is 6.61 Å². The summed E-state index contributed by atoms with van der Waals surface area (Å²) in [6.07, 6.45) is -3.03. The molecule has 1 amide bonds. The average molecular weight is 275 g/mol. The van der Waals surface area contributed by atoms with Gasteiger partial charge in [0.1, 0.15) is 12.4 Å². The maximum Gasteiger partial charge on any atom is 0.414 e. The third-order valence-corrected chi connectivity index (χ3v) is 1.89. The van der Waals surface area contributed by atoms with Gasteiger partial charge in [-0.1, -0.05) is 24.8 Å². The number of ether oxygens (including phenoxy) is 1. The fourth-order valence-electron chi connectivity index (χ4n) is 1.17. The van der Waals surface area contributed by atoms with Crippen LogP contribution in [0.3, 0.4) is 0 Å². The number of carbonyl (C=O) groups is 1. The van der Waals surface area contributed by atoms with E-state index in [1.807, 2.05) is 0 Å². The third-order valence-electron chi connectivity index (χ3n) is 1.89. The molecule has 1 aromatic rings. The van der Waals surface area contributed by atoms with Crippen LogP contribution < -0.4 is 10.2 Å². The topological polar surface area (TPSA) is 47.6 Å². The number of hydroxylamine groups is 1. The number of carbonyl (C=O) groups excluding carboxylic acids is 1. The Morgan fingerprint density at radius 2 is 2.05 bits per heavy atom. The van der Waals surface area contributed by atoms with Crippen LogP contribution in [0, 0.1) is 0 Å². The number of rotatable bonds is 6. The predicted molar refractivity (Wildman–Crippen MR) is 61.6 cm³/mol. The quantitative estimate of drug-likeness (QED) is 0.641. The molecule has 0 heterocycles. The molecule has 0 aromatic heterocycles. The summed E-state index contributed by atoms with van der Waals surface area (Å²) in [5.41, 5.74) is 1.78. The lowest BCUT2D eigenvalue weighted by Crippen LogP contribution is -2.29. The van der Waals surface area contributed by atoms with Gasteiger partial charge in [0, 0.05) is 0 Å². The lowest BCUT2D eigenvalue weighted by molar-refractivity contribution is -0.184. The van der Waals surface area contributed by atoms with Crippen molar-refractivity contribution in [2.24, 2.45) is 0 Å². The van der Waals surface area contributed by atoms with Crippen LogP contribution >= 0.6 is 0 Å². The molecule has 0 aliphatic rings. The molecule has 4 nitrogen and oxygen atoms in total. The molecule has 0 aliphatic heterocycles. The first-order valence-corrected chi connectivity index (χ1v) is 5.25. The van der Waals surface area contributed by atoms with Crippen LogP contribution in [-0.2, 0) is 4.84 Å². The van der Waals surface area contributed by atoms with Crippen molar-refractivity contribution in [3.8, 4) is 5.75 Å². The van der Waals surface area contributed by atoms with Crippen LogP contribution in [0.25, 0.3) is 0 Å². The van der Waals surface area contributed by atoms with E-state index in [4.69, 9.17) is 4.74 Å². The molecule has 0 saturated heterocycles. The van der Waals surface area contributed by atoms with Crippen molar-refractivity contribution in [1.82, 2.24) is 5.48 Å². The van der Waals surface area contributed by atoms with E-state index in [0.29, 0.717) is 0 Å². The SMILES string of the molecule is C=CCOc1ccccc1C(=O)NOCC(F)(F)F. The van der Waals surface area contributed by atoms with Crippen molar-refractivity contribution in [2.45, 2.75) is 6.18 Å². The zero-order valence-electron chi connectivity index (χ0n) is 9.87. The van der Waals surface area contributed by atoms with Crippen molar-refractivity contribution >= 4 is 5.91 Å². The van der Waals surface area contributed by atoms with Crippen molar-refractivity contribution in [3.05, 3.63) is 42.5 Å². The Balaban J connectivity index is 2.63. The molecule has 0 atom stereocenters. The van der Waals surface area contributed by atoms with E-state index in [1.165, 1.54) is 18.2 Å². The van der Waals surface area contributed by atoms with Crippen molar-refractivity contribution < 1.29 is 27.5 Å². The Hall–Kier alpha value is -2.02. The number of hydrogen-bond donors (Lipinski definition) is 1. The summed E-state index contributed by atoms with van der Waals surface area (Å²) in [7, 11) is 0. The monoisotopic (exact) mass is 275 g/mol. The van der Waals surface area contributed by atoms with Gasteiger partial charge in [-0.15, -0.1) is 0 Å². The Morgan fingerprint density at radius 3 is 2.68 bits per heavy atom. The maximum atomic E-state index is 11.8. The molecule has 104 valence electrons. The Kier molecular flexibility index (Phi) is 5.37. The molecule has 7 heteroatoms. The van der Waals surface area contributed by atoms with Crippen molar-refractivity contribution in [1.29, 1.82) is 0 Å². The second-order valence-electron chi connectivity index (χ2n) is 3.43. The number of benzene rings is 1. The minimum atomic E-state index is -4.51. The van der Waals surface area contributed by atoms with E-state index >= 15 is 0 Å². The van der Waals surface area contributed by atoms with Crippen LogP contribution in [0.1, 0.15) is 10.4 Å². The van der Waals surface area contributed by atoms with Crippen LogP contribution in [0.5, 0.6) is 5.75 Å². The fraction of sp³-hybridized carbons (Fsp3) is 0.250. The van der Waals surface area contributed by atoms with E-state index in [0.717, 1.165) is 0 Å². The summed E-state index contributed by atoms with van der Waals surface area (Å²) in [6, 6.07) is 6.11. The van der Waals surface area contributed by atoms with Gasteiger partial charge in [-0.25, -0.2) is 5.48 Å². The van der Waals surface area contributed by atoms with Crippen LogP contribution in [0.2, 0.25) is 0 Å². The van der Waals surface area contributed by atoms with Gasteiger partial charge < -0.3 is 4.74 Å². The highest BCUT2D eigenvalue weighted by Crippen LogP contribution is 2.18. The summed E-state index contributed by atoms with van der Waals surface area (Å²) in [4.78, 5) is 15.7. The number of halogens is 3. The second-order valence-corrected chi connectivity index (χ2v) is 3.43. The molecule has 1 rings (SSSR count). The average Bonchev–Trinajstić information content (AvgIpc) is 2.35. The first kappa shape index (κ1) is 15.0. The summed E-state index contributed by atoms with van der Waals surface area (Å²) < 4.78 is 40.7. The largest absolute Gasteiger partial charge is 0.489 e. The second kappa shape index (κ2) is 6.79. The van der Waals surface area contributed by atoms with Gasteiger partial charge in [-0.3, -0.25) is 9.63 Å². The highest BCUT2D eigenvalue weighted by atomic mass is 19.4. The van der Waals surface area contributed by atoms with E-state index in [1.54, 1.807) is 17.6 Å². The lowest BCUT2D eigenvalue weighted by atomic mass is 10.2. The van der Waals surface area contributed by atoms with Gasteiger partial charge in [-0.2, -0.15) is 13.2 Å². The van der Waals surface area contributed by atoms with E-state index in [2.05, 4.69) is 11.4 Å². The van der Waals surface area contributed by atoms with Gasteiger partial charge in [0.2, 0.25) is 0 Å². The molecule has 0 bridgehead atoms. The summed E-state index contributed by atoms with van der Waals surface area (Å²) >= 11 is 0. The molecular weight excluding hydrogens is 263 g/mol.